The van der Waals surface area contributed by atoms with Gasteiger partial charge >= 0.3 is 0 Å². The van der Waals surface area contributed by atoms with Crippen LogP contribution in [-0.2, 0) is 6.54 Å². The van der Waals surface area contributed by atoms with E-state index in [1.165, 1.54) is 68.7 Å². The molecule has 1 unspecified atom stereocenters. The summed E-state index contributed by atoms with van der Waals surface area (Å²) in [5, 5.41) is 7.12. The van der Waals surface area contributed by atoms with Crippen LogP contribution in [0.3, 0.4) is 0 Å². The molecule has 0 radical (unpaired) electrons. The predicted molar refractivity (Wildman–Crippen MR) is 85.3 cm³/mol. The Hall–Kier alpha value is -0.450. The summed E-state index contributed by atoms with van der Waals surface area (Å²) in [6.45, 7) is 3.45. The number of nitrogens with one attached hydrogen (secondary N) is 1. The normalized spacial score (nSPS) is 25.9. The van der Waals surface area contributed by atoms with Crippen LogP contribution < -0.4 is 5.32 Å². The molecule has 1 aliphatic heterocycles. The van der Waals surface area contributed by atoms with Crippen molar-refractivity contribution in [1.82, 2.24) is 15.2 Å². The monoisotopic (exact) mass is 293 g/mol. The third-order valence-corrected chi connectivity index (χ3v) is 5.88. The number of likely N-dealkylation sites (N-methyl/N-ethyl adjacent to an activating group) is 1. The third kappa shape index (κ3) is 3.60. The van der Waals surface area contributed by atoms with Crippen molar-refractivity contribution >= 4 is 11.3 Å². The minimum atomic E-state index is 0.667. The maximum atomic E-state index is 4.94. The summed E-state index contributed by atoms with van der Waals surface area (Å²) in [4.78, 5) is 7.50. The van der Waals surface area contributed by atoms with Gasteiger partial charge < -0.3 is 5.32 Å². The molecule has 1 atom stereocenters. The fraction of sp³-hybridized carbons (Fsp3) is 0.812. The Morgan fingerprint density at radius 2 is 2.10 bits per heavy atom. The molecule has 3 rings (SSSR count). The average molecular weight is 293 g/mol. The van der Waals surface area contributed by atoms with Gasteiger partial charge in [0.2, 0.25) is 0 Å². The first-order valence-electron chi connectivity index (χ1n) is 8.19. The van der Waals surface area contributed by atoms with E-state index in [9.17, 15) is 0 Å². The molecule has 20 heavy (non-hydrogen) atoms. The van der Waals surface area contributed by atoms with Crippen molar-refractivity contribution in [2.45, 2.75) is 63.5 Å². The van der Waals surface area contributed by atoms with Gasteiger partial charge in [-0.25, -0.2) is 4.98 Å². The van der Waals surface area contributed by atoms with E-state index in [-0.39, 0.29) is 0 Å². The Kier molecular flexibility index (Phi) is 5.08. The molecular formula is C16H27N3S. The number of piperidine rings is 1. The zero-order valence-electron chi connectivity index (χ0n) is 12.6. The van der Waals surface area contributed by atoms with Crippen LogP contribution >= 0.6 is 11.3 Å². The van der Waals surface area contributed by atoms with Crippen LogP contribution in [-0.4, -0.2) is 36.1 Å². The van der Waals surface area contributed by atoms with Gasteiger partial charge in [0.25, 0.3) is 0 Å². The molecule has 0 aromatic carbocycles. The molecule has 1 N–H and O–H groups in total. The first-order chi connectivity index (χ1) is 9.85. The van der Waals surface area contributed by atoms with Crippen LogP contribution in [0.4, 0.5) is 0 Å². The second-order valence-corrected chi connectivity index (χ2v) is 7.26. The van der Waals surface area contributed by atoms with E-state index < -0.39 is 0 Å². The Labute approximate surface area is 126 Å². The van der Waals surface area contributed by atoms with Gasteiger partial charge in [0.05, 0.1) is 10.7 Å². The van der Waals surface area contributed by atoms with E-state index in [4.69, 9.17) is 4.98 Å². The molecule has 0 spiro atoms. The molecule has 2 fully saturated rings. The van der Waals surface area contributed by atoms with Gasteiger partial charge in [-0.3, -0.25) is 4.90 Å². The van der Waals surface area contributed by atoms with Gasteiger partial charge in [-0.2, -0.15) is 0 Å². The number of aromatic nitrogens is 1. The van der Waals surface area contributed by atoms with E-state index >= 15 is 0 Å². The number of nitrogens with zero attached hydrogens (tertiary/aromatic N) is 2. The van der Waals surface area contributed by atoms with Gasteiger partial charge in [-0.05, 0) is 39.3 Å². The van der Waals surface area contributed by atoms with E-state index in [1.54, 1.807) is 0 Å². The molecule has 0 amide bonds. The zero-order valence-corrected chi connectivity index (χ0v) is 13.4. The topological polar surface area (TPSA) is 28.2 Å². The second kappa shape index (κ2) is 7.01. The van der Waals surface area contributed by atoms with Gasteiger partial charge in [0.1, 0.15) is 0 Å². The summed E-state index contributed by atoms with van der Waals surface area (Å²) in [7, 11) is 2.08. The van der Waals surface area contributed by atoms with Crippen molar-refractivity contribution in [2.24, 2.45) is 0 Å². The highest BCUT2D eigenvalue weighted by atomic mass is 32.1. The number of likely N-dealkylation sites (tertiary alicyclic amines) is 1. The third-order valence-electron chi connectivity index (χ3n) is 4.82. The number of hydrogen-bond acceptors (Lipinski definition) is 4. The molecule has 4 heteroatoms. The fourth-order valence-electron chi connectivity index (χ4n) is 3.60. The summed E-state index contributed by atoms with van der Waals surface area (Å²) in [6, 6.07) is 0.667. The molecule has 3 nitrogen and oxygen atoms in total. The number of rotatable bonds is 4. The van der Waals surface area contributed by atoms with Crippen molar-refractivity contribution in [1.29, 1.82) is 0 Å². The highest BCUT2D eigenvalue weighted by Gasteiger charge is 2.21. The van der Waals surface area contributed by atoms with Gasteiger partial charge in [0.15, 0.2) is 0 Å². The summed E-state index contributed by atoms with van der Waals surface area (Å²) >= 11 is 1.90. The lowest BCUT2D eigenvalue weighted by Crippen LogP contribution is -2.43. The highest BCUT2D eigenvalue weighted by molar-refractivity contribution is 7.09. The Bertz CT molecular complexity index is 412. The molecule has 1 aromatic heterocycles. The largest absolute Gasteiger partial charge is 0.316 e. The van der Waals surface area contributed by atoms with Crippen LogP contribution in [0.1, 0.15) is 61.6 Å². The number of thiazole rings is 1. The first-order valence-corrected chi connectivity index (χ1v) is 9.07. The second-order valence-electron chi connectivity index (χ2n) is 6.37. The number of hydrogen-bond donors (Lipinski definition) is 1. The Morgan fingerprint density at radius 1 is 1.25 bits per heavy atom. The van der Waals surface area contributed by atoms with Gasteiger partial charge in [-0.15, -0.1) is 11.3 Å². The van der Waals surface area contributed by atoms with Crippen molar-refractivity contribution < 1.29 is 0 Å². The molecule has 1 saturated carbocycles. The molecule has 1 saturated heterocycles. The summed E-state index contributed by atoms with van der Waals surface area (Å²) in [5.41, 5.74) is 1.30. The van der Waals surface area contributed by atoms with E-state index in [0.717, 1.165) is 12.5 Å². The molecule has 112 valence electrons. The molecule has 0 bridgehead atoms. The molecule has 1 aromatic rings. The predicted octanol–water partition coefficient (Wildman–Crippen LogP) is 3.37. The Morgan fingerprint density at radius 3 is 2.90 bits per heavy atom. The van der Waals surface area contributed by atoms with Crippen molar-refractivity contribution in [2.75, 3.05) is 20.1 Å². The summed E-state index contributed by atoms with van der Waals surface area (Å²) in [6.07, 6.45) is 9.57. The summed E-state index contributed by atoms with van der Waals surface area (Å²) < 4.78 is 0. The quantitative estimate of drug-likeness (QED) is 0.922. The summed E-state index contributed by atoms with van der Waals surface area (Å²) in [5.74, 6) is 0.758. The van der Waals surface area contributed by atoms with E-state index in [1.807, 2.05) is 11.3 Å². The molecular weight excluding hydrogens is 266 g/mol. The van der Waals surface area contributed by atoms with Crippen molar-refractivity contribution in [3.63, 3.8) is 0 Å². The van der Waals surface area contributed by atoms with E-state index in [0.29, 0.717) is 6.04 Å². The standard InChI is InChI=1S/C16H27N3S/c1-17-14-8-5-9-19(10-14)11-15-12-20-16(18-15)13-6-3-2-4-7-13/h12-14,17H,2-11H2,1H3. The van der Waals surface area contributed by atoms with Crippen LogP contribution in [0, 0.1) is 0 Å². The smallest absolute Gasteiger partial charge is 0.0959 e. The van der Waals surface area contributed by atoms with Crippen LogP contribution in [0.15, 0.2) is 5.38 Å². The van der Waals surface area contributed by atoms with Crippen LogP contribution in [0.5, 0.6) is 0 Å². The zero-order chi connectivity index (χ0) is 13.8. The maximum absolute atomic E-state index is 4.94. The molecule has 1 aliphatic carbocycles. The van der Waals surface area contributed by atoms with Gasteiger partial charge in [0, 0.05) is 30.4 Å². The maximum Gasteiger partial charge on any atom is 0.0959 e. The van der Waals surface area contributed by atoms with Crippen molar-refractivity contribution in [3.05, 3.63) is 16.1 Å². The van der Waals surface area contributed by atoms with E-state index in [2.05, 4.69) is 22.6 Å². The lowest BCUT2D eigenvalue weighted by molar-refractivity contribution is 0.186. The fourth-order valence-corrected chi connectivity index (χ4v) is 4.58. The lowest BCUT2D eigenvalue weighted by atomic mass is 9.90. The molecule has 2 aliphatic rings. The minimum Gasteiger partial charge on any atom is -0.316 e. The van der Waals surface area contributed by atoms with Crippen LogP contribution in [0.25, 0.3) is 0 Å². The van der Waals surface area contributed by atoms with Crippen molar-refractivity contribution in [3.8, 4) is 0 Å². The minimum absolute atomic E-state index is 0.667. The highest BCUT2D eigenvalue weighted by Crippen LogP contribution is 2.34. The molecule has 2 heterocycles. The van der Waals surface area contributed by atoms with Gasteiger partial charge in [-0.1, -0.05) is 19.3 Å². The Balaban J connectivity index is 1.56. The lowest BCUT2D eigenvalue weighted by Gasteiger charge is -2.31. The average Bonchev–Trinajstić information content (AvgIpc) is 2.97. The first kappa shape index (κ1) is 14.5. The SMILES string of the molecule is CNC1CCCN(Cc2csc(C3CCCCC3)n2)C1. The van der Waals surface area contributed by atoms with Crippen LogP contribution in [0.2, 0.25) is 0 Å².